The van der Waals surface area contributed by atoms with Gasteiger partial charge in [0.25, 0.3) is 5.91 Å². The molecule has 0 saturated carbocycles. The van der Waals surface area contributed by atoms with Crippen molar-refractivity contribution in [1.29, 1.82) is 0 Å². The summed E-state index contributed by atoms with van der Waals surface area (Å²) in [5.41, 5.74) is 2.90. The number of hydrogen-bond donors (Lipinski definition) is 1. The van der Waals surface area contributed by atoms with E-state index in [1.165, 1.54) is 6.08 Å². The summed E-state index contributed by atoms with van der Waals surface area (Å²) in [7, 11) is 0. The van der Waals surface area contributed by atoms with E-state index in [-0.39, 0.29) is 18.6 Å². The number of esters is 1. The monoisotopic (exact) mass is 457 g/mol. The highest BCUT2D eigenvalue weighted by Gasteiger charge is 2.16. The highest BCUT2D eigenvalue weighted by Crippen LogP contribution is 2.30. The van der Waals surface area contributed by atoms with Crippen LogP contribution in [0.3, 0.4) is 0 Å². The van der Waals surface area contributed by atoms with Crippen LogP contribution in [0.5, 0.6) is 0 Å². The largest absolute Gasteiger partial charge is 0.454 e. The van der Waals surface area contributed by atoms with Gasteiger partial charge in [-0.05, 0) is 43.7 Å². The number of nitrogens with zero attached hydrogens (tertiary/aromatic N) is 2. The first kappa shape index (κ1) is 23.0. The second-order valence-electron chi connectivity index (χ2n) is 8.06. The summed E-state index contributed by atoms with van der Waals surface area (Å²) in [4.78, 5) is 24.2. The van der Waals surface area contributed by atoms with Crippen molar-refractivity contribution in [3.8, 4) is 17.1 Å². The summed E-state index contributed by atoms with van der Waals surface area (Å²) in [5, 5.41) is 8.47. The average Bonchev–Trinajstić information content (AvgIpc) is 3.46. The van der Waals surface area contributed by atoms with Gasteiger partial charge in [-0.3, -0.25) is 4.79 Å². The van der Waals surface area contributed by atoms with Crippen LogP contribution in [0.4, 0.5) is 0 Å². The molecular weight excluding hydrogens is 430 g/mol. The number of hydrogen-bond acceptors (Lipinski definition) is 5. The molecule has 0 fully saturated rings. The summed E-state index contributed by atoms with van der Waals surface area (Å²) in [5.74, 6) is -0.336. The lowest BCUT2D eigenvalue weighted by atomic mass is 10.2. The van der Waals surface area contributed by atoms with Crippen LogP contribution in [0.15, 0.2) is 77.4 Å². The van der Waals surface area contributed by atoms with E-state index in [0.717, 1.165) is 29.5 Å². The number of amides is 1. The van der Waals surface area contributed by atoms with Gasteiger partial charge < -0.3 is 14.5 Å². The summed E-state index contributed by atoms with van der Waals surface area (Å²) in [6, 6.07) is 19.4. The van der Waals surface area contributed by atoms with Crippen molar-refractivity contribution in [3.63, 3.8) is 0 Å². The molecule has 0 bridgehead atoms. The molecule has 4 aromatic rings. The molecule has 0 saturated heterocycles. The number of nitrogens with one attached hydrogen (secondary N) is 1. The van der Waals surface area contributed by atoms with Gasteiger partial charge in [0.15, 0.2) is 12.4 Å². The van der Waals surface area contributed by atoms with Gasteiger partial charge >= 0.3 is 5.97 Å². The highest BCUT2D eigenvalue weighted by molar-refractivity contribution is 5.91. The van der Waals surface area contributed by atoms with Crippen molar-refractivity contribution < 1.29 is 18.7 Å². The molecule has 34 heavy (non-hydrogen) atoms. The Morgan fingerprint density at radius 1 is 1.15 bits per heavy atom. The number of ether oxygens (including phenoxy) is 1. The maximum Gasteiger partial charge on any atom is 0.331 e. The Morgan fingerprint density at radius 3 is 2.68 bits per heavy atom. The molecule has 0 aliphatic carbocycles. The molecule has 7 heteroatoms. The molecule has 0 radical (unpaired) electrons. The molecule has 0 aliphatic rings. The molecule has 4 rings (SSSR count). The molecule has 0 aliphatic heterocycles. The van der Waals surface area contributed by atoms with Crippen molar-refractivity contribution >= 4 is 28.9 Å². The number of rotatable bonds is 9. The summed E-state index contributed by atoms with van der Waals surface area (Å²) in [6.45, 7) is 3.65. The van der Waals surface area contributed by atoms with Crippen molar-refractivity contribution in [2.75, 3.05) is 6.61 Å². The van der Waals surface area contributed by atoms with E-state index in [1.54, 1.807) is 10.8 Å². The lowest BCUT2D eigenvalue weighted by molar-refractivity contribution is -0.144. The minimum atomic E-state index is -0.610. The van der Waals surface area contributed by atoms with E-state index in [2.05, 4.69) is 5.32 Å². The Kier molecular flexibility index (Phi) is 7.22. The Hall–Kier alpha value is -4.13. The van der Waals surface area contributed by atoms with Gasteiger partial charge in [-0.2, -0.15) is 5.10 Å². The van der Waals surface area contributed by atoms with Crippen LogP contribution in [0.2, 0.25) is 0 Å². The van der Waals surface area contributed by atoms with Gasteiger partial charge in [-0.15, -0.1) is 0 Å². The molecule has 1 amide bonds. The summed E-state index contributed by atoms with van der Waals surface area (Å²) < 4.78 is 12.8. The van der Waals surface area contributed by atoms with Crippen LogP contribution in [0.1, 0.15) is 32.3 Å². The number of para-hydroxylation sites is 2. The number of fused-ring (bicyclic) bond motifs is 1. The fraction of sp³-hybridized carbons (Fsp3) is 0.222. The molecular formula is C27H27N3O4. The smallest absolute Gasteiger partial charge is 0.331 e. The molecule has 0 spiro atoms. The fourth-order valence-corrected chi connectivity index (χ4v) is 3.68. The Morgan fingerprint density at radius 2 is 1.91 bits per heavy atom. The standard InChI is InChI=1S/C27H27N3O4/c1-3-9-19(2)28-25(31)18-33-26(32)15-14-21-17-30(22-11-5-4-6-12-22)29-27(21)24-16-20-10-7-8-13-23(20)34-24/h4-8,10-17,19H,3,9,18H2,1-2H3,(H,28,31). The van der Waals surface area contributed by atoms with Gasteiger partial charge in [-0.1, -0.05) is 49.7 Å². The topological polar surface area (TPSA) is 86.4 Å². The van der Waals surface area contributed by atoms with Crippen LogP contribution in [-0.2, 0) is 14.3 Å². The first-order valence-corrected chi connectivity index (χ1v) is 11.3. The number of carbonyl (C=O) groups excluding carboxylic acids is 2. The minimum absolute atomic E-state index is 0.0435. The molecule has 174 valence electrons. The second-order valence-corrected chi connectivity index (χ2v) is 8.06. The second kappa shape index (κ2) is 10.7. The van der Waals surface area contributed by atoms with Crippen molar-refractivity contribution in [2.24, 2.45) is 0 Å². The third kappa shape index (κ3) is 5.61. The Labute approximate surface area is 198 Å². The Bertz CT molecular complexity index is 1270. The number of aromatic nitrogens is 2. The molecule has 7 nitrogen and oxygen atoms in total. The van der Waals surface area contributed by atoms with Crippen molar-refractivity contribution in [1.82, 2.24) is 15.1 Å². The lowest BCUT2D eigenvalue weighted by Gasteiger charge is -2.12. The SMILES string of the molecule is CCCC(C)NC(=O)COC(=O)C=Cc1cn(-c2ccccc2)nc1-c1cc2ccccc2o1. The Balaban J connectivity index is 1.54. The number of carbonyl (C=O) groups is 2. The van der Waals surface area contributed by atoms with Crippen LogP contribution < -0.4 is 5.32 Å². The summed E-state index contributed by atoms with van der Waals surface area (Å²) in [6.07, 6.45) is 6.57. The predicted molar refractivity (Wildman–Crippen MR) is 131 cm³/mol. The first-order valence-electron chi connectivity index (χ1n) is 11.3. The molecule has 2 aromatic heterocycles. The van der Waals surface area contributed by atoms with Crippen LogP contribution in [-0.4, -0.2) is 34.3 Å². The number of furan rings is 1. The van der Waals surface area contributed by atoms with Crippen LogP contribution >= 0.6 is 0 Å². The molecule has 1 N–H and O–H groups in total. The first-order chi connectivity index (χ1) is 16.5. The number of benzene rings is 2. The van der Waals surface area contributed by atoms with Gasteiger partial charge in [0, 0.05) is 29.3 Å². The maximum absolute atomic E-state index is 12.3. The van der Waals surface area contributed by atoms with Gasteiger partial charge in [0.1, 0.15) is 11.3 Å². The van der Waals surface area contributed by atoms with E-state index in [4.69, 9.17) is 14.3 Å². The zero-order chi connectivity index (χ0) is 23.9. The third-order valence-electron chi connectivity index (χ3n) is 5.30. The van der Waals surface area contributed by atoms with Crippen molar-refractivity contribution in [2.45, 2.75) is 32.7 Å². The van der Waals surface area contributed by atoms with E-state index in [9.17, 15) is 9.59 Å². The van der Waals surface area contributed by atoms with E-state index < -0.39 is 5.97 Å². The van der Waals surface area contributed by atoms with Crippen molar-refractivity contribution in [3.05, 3.63) is 78.5 Å². The highest BCUT2D eigenvalue weighted by atomic mass is 16.5. The molecule has 2 aromatic carbocycles. The zero-order valence-electron chi connectivity index (χ0n) is 19.2. The van der Waals surface area contributed by atoms with Gasteiger partial charge in [0.2, 0.25) is 0 Å². The van der Waals surface area contributed by atoms with E-state index in [1.807, 2.05) is 80.7 Å². The maximum atomic E-state index is 12.3. The van der Waals surface area contributed by atoms with Gasteiger partial charge in [-0.25, -0.2) is 9.48 Å². The normalized spacial score (nSPS) is 12.2. The third-order valence-corrected chi connectivity index (χ3v) is 5.30. The summed E-state index contributed by atoms with van der Waals surface area (Å²) >= 11 is 0. The minimum Gasteiger partial charge on any atom is -0.454 e. The van der Waals surface area contributed by atoms with Crippen LogP contribution in [0.25, 0.3) is 34.2 Å². The van der Waals surface area contributed by atoms with E-state index >= 15 is 0 Å². The average molecular weight is 458 g/mol. The predicted octanol–water partition coefficient (Wildman–Crippen LogP) is 5.15. The molecule has 1 atom stereocenters. The van der Waals surface area contributed by atoms with E-state index in [0.29, 0.717) is 17.0 Å². The quantitative estimate of drug-likeness (QED) is 0.278. The zero-order valence-corrected chi connectivity index (χ0v) is 19.2. The molecule has 2 heterocycles. The fourth-order valence-electron chi connectivity index (χ4n) is 3.68. The molecule has 1 unspecified atom stereocenters. The van der Waals surface area contributed by atoms with Crippen LogP contribution in [0, 0.1) is 0 Å². The lowest BCUT2D eigenvalue weighted by Crippen LogP contribution is -2.35. The van der Waals surface area contributed by atoms with Gasteiger partial charge in [0.05, 0.1) is 5.69 Å².